The summed E-state index contributed by atoms with van der Waals surface area (Å²) >= 11 is 0. The molecule has 0 aliphatic carbocycles. The largest absolute Gasteiger partial charge is 0.580 e. The highest BCUT2D eigenvalue weighted by molar-refractivity contribution is 6.32. The van der Waals surface area contributed by atoms with Crippen molar-refractivity contribution in [3.8, 4) is 0 Å². The number of alkyl halides is 3. The second kappa shape index (κ2) is 2.60. The molecule has 1 aromatic rings. The Morgan fingerprint density at radius 2 is 1.82 bits per heavy atom. The van der Waals surface area contributed by atoms with Gasteiger partial charge in [-0.1, -0.05) is 18.2 Å². The lowest BCUT2D eigenvalue weighted by Crippen LogP contribution is -2.10. The van der Waals surface area contributed by atoms with E-state index in [0.29, 0.717) is 0 Å². The van der Waals surface area contributed by atoms with Gasteiger partial charge in [0.1, 0.15) is 0 Å². The van der Waals surface area contributed by atoms with Gasteiger partial charge in [-0.25, -0.2) is 0 Å². The van der Waals surface area contributed by atoms with Gasteiger partial charge in [0.15, 0.2) is 0 Å². The van der Waals surface area contributed by atoms with Crippen LogP contribution in [-0.2, 0) is 6.18 Å². The van der Waals surface area contributed by atoms with E-state index in [1.807, 2.05) is 0 Å². The van der Waals surface area contributed by atoms with Gasteiger partial charge in [0.25, 0.3) is 0 Å². The van der Waals surface area contributed by atoms with Gasteiger partial charge in [-0.3, -0.25) is 0 Å². The molecule has 1 rings (SSSR count). The van der Waals surface area contributed by atoms with Gasteiger partial charge in [-0.05, 0) is 0 Å². The Kier molecular flexibility index (Phi) is 1.93. The van der Waals surface area contributed by atoms with E-state index >= 15 is 0 Å². The van der Waals surface area contributed by atoms with Crippen molar-refractivity contribution in [1.29, 1.82) is 0 Å². The average molecular weight is 156 g/mol. The molecule has 11 heavy (non-hydrogen) atoms. The highest BCUT2D eigenvalue weighted by Crippen LogP contribution is 2.27. The molecule has 0 saturated carbocycles. The van der Waals surface area contributed by atoms with Crippen molar-refractivity contribution in [3.05, 3.63) is 29.8 Å². The molecule has 0 heterocycles. The molecular formula is C7H4BF3-. The van der Waals surface area contributed by atoms with Crippen LogP contribution in [-0.4, -0.2) is 7.85 Å². The summed E-state index contributed by atoms with van der Waals surface area (Å²) < 4.78 is 35.7. The Hall–Kier alpha value is -0.925. The number of rotatable bonds is 0. The van der Waals surface area contributed by atoms with E-state index in [1.165, 1.54) is 12.1 Å². The fourth-order valence-electron chi connectivity index (χ4n) is 0.715. The maximum Gasteiger partial charge on any atom is 0.416 e. The highest BCUT2D eigenvalue weighted by atomic mass is 19.4. The molecule has 1 aromatic carbocycles. The molecule has 57 valence electrons. The van der Waals surface area contributed by atoms with Crippen molar-refractivity contribution in [1.82, 2.24) is 0 Å². The van der Waals surface area contributed by atoms with Crippen LogP contribution in [0.4, 0.5) is 13.2 Å². The predicted octanol–water partition coefficient (Wildman–Crippen LogP) is 1.50. The Morgan fingerprint density at radius 3 is 2.18 bits per heavy atom. The summed E-state index contributed by atoms with van der Waals surface area (Å²) in [5, 5.41) is 0. The van der Waals surface area contributed by atoms with Crippen molar-refractivity contribution in [2.45, 2.75) is 6.18 Å². The molecule has 0 saturated heterocycles. The van der Waals surface area contributed by atoms with Crippen LogP contribution >= 0.6 is 0 Å². The second-order valence-corrected chi connectivity index (χ2v) is 2.12. The van der Waals surface area contributed by atoms with E-state index in [-0.39, 0.29) is 5.46 Å². The first-order valence-electron chi connectivity index (χ1n) is 2.93. The molecule has 0 amide bonds. The lowest BCUT2D eigenvalue weighted by molar-refractivity contribution is -0.137. The van der Waals surface area contributed by atoms with Crippen LogP contribution in [0.2, 0.25) is 0 Å². The first kappa shape index (κ1) is 8.17. The van der Waals surface area contributed by atoms with Gasteiger partial charge in [0.2, 0.25) is 0 Å². The van der Waals surface area contributed by atoms with Crippen molar-refractivity contribution >= 4 is 13.3 Å². The molecule has 0 fully saturated rings. The van der Waals surface area contributed by atoms with Crippen LogP contribution in [0.15, 0.2) is 24.3 Å². The average Bonchev–Trinajstić information content (AvgIpc) is 1.86. The molecule has 3 radical (unpaired) electrons. The van der Waals surface area contributed by atoms with Gasteiger partial charge in [-0.15, -0.1) is 6.07 Å². The molecule has 0 aliphatic rings. The SMILES string of the molecule is [B-]c1cccc(C(F)(F)F)c1. The zero-order valence-electron chi connectivity index (χ0n) is 5.52. The fourth-order valence-corrected chi connectivity index (χ4v) is 0.715. The predicted molar refractivity (Wildman–Crippen MR) is 36.8 cm³/mol. The summed E-state index contributed by atoms with van der Waals surface area (Å²) in [7, 11) is 5.16. The third kappa shape index (κ3) is 2.00. The zero-order chi connectivity index (χ0) is 8.48. The zero-order valence-corrected chi connectivity index (χ0v) is 5.52. The monoisotopic (exact) mass is 156 g/mol. The fraction of sp³-hybridized carbons (Fsp3) is 0.143. The first-order chi connectivity index (χ1) is 5.00. The standard InChI is InChI=1S/C7H4BF3/c8-6-3-1-2-5(4-6)7(9,10)11/h1-4H/q-1. The number of halogens is 3. The van der Waals surface area contributed by atoms with Crippen molar-refractivity contribution < 1.29 is 13.2 Å². The van der Waals surface area contributed by atoms with E-state index in [2.05, 4.69) is 0 Å². The van der Waals surface area contributed by atoms with E-state index in [9.17, 15) is 13.2 Å². The molecule has 4 heteroatoms. The number of hydrogen-bond donors (Lipinski definition) is 0. The van der Waals surface area contributed by atoms with Gasteiger partial charge in [0.05, 0.1) is 5.56 Å². The molecular weight excluding hydrogens is 152 g/mol. The summed E-state index contributed by atoms with van der Waals surface area (Å²) in [5.74, 6) is 0. The maximum absolute atomic E-state index is 11.9. The molecule has 0 N–H and O–H groups in total. The van der Waals surface area contributed by atoms with Crippen LogP contribution in [0.1, 0.15) is 5.56 Å². The van der Waals surface area contributed by atoms with Crippen LogP contribution in [0.25, 0.3) is 0 Å². The van der Waals surface area contributed by atoms with Crippen LogP contribution in [0.3, 0.4) is 0 Å². The van der Waals surface area contributed by atoms with Gasteiger partial charge in [0, 0.05) is 0 Å². The minimum atomic E-state index is -4.30. The summed E-state index contributed by atoms with van der Waals surface area (Å²) in [5.41, 5.74) is -0.586. The van der Waals surface area contributed by atoms with Gasteiger partial charge >= 0.3 is 6.18 Å². The van der Waals surface area contributed by atoms with E-state index < -0.39 is 11.7 Å². The number of benzene rings is 1. The van der Waals surface area contributed by atoms with E-state index in [0.717, 1.165) is 12.1 Å². The topological polar surface area (TPSA) is 0 Å². The normalized spacial score (nSPS) is 11.6. The summed E-state index contributed by atoms with van der Waals surface area (Å²) in [4.78, 5) is 0. The lowest BCUT2D eigenvalue weighted by atomic mass is 9.94. The highest BCUT2D eigenvalue weighted by Gasteiger charge is 2.29. The smallest absolute Gasteiger partial charge is 0.416 e. The second-order valence-electron chi connectivity index (χ2n) is 2.12. The molecule has 0 aromatic heterocycles. The number of hydrogen-bond acceptors (Lipinski definition) is 0. The minimum Gasteiger partial charge on any atom is -0.580 e. The van der Waals surface area contributed by atoms with Crippen molar-refractivity contribution in [3.63, 3.8) is 0 Å². The van der Waals surface area contributed by atoms with Crippen molar-refractivity contribution in [2.75, 3.05) is 0 Å². The van der Waals surface area contributed by atoms with Crippen LogP contribution in [0, 0.1) is 0 Å². The van der Waals surface area contributed by atoms with E-state index in [4.69, 9.17) is 7.85 Å². The summed E-state index contributed by atoms with van der Waals surface area (Å²) in [6.07, 6.45) is -4.30. The summed E-state index contributed by atoms with van der Waals surface area (Å²) in [6, 6.07) is 4.57. The maximum atomic E-state index is 11.9. The molecule has 0 bridgehead atoms. The molecule has 0 atom stereocenters. The van der Waals surface area contributed by atoms with Crippen LogP contribution < -0.4 is 5.46 Å². The molecule has 0 spiro atoms. The van der Waals surface area contributed by atoms with Crippen molar-refractivity contribution in [2.24, 2.45) is 0 Å². The Balaban J connectivity index is 3.06. The molecule has 0 unspecified atom stereocenters. The first-order valence-corrected chi connectivity index (χ1v) is 2.93. The van der Waals surface area contributed by atoms with Gasteiger partial charge in [-0.2, -0.15) is 13.2 Å². The third-order valence-electron chi connectivity index (χ3n) is 1.21. The minimum absolute atomic E-state index is 0.125. The Morgan fingerprint density at radius 1 is 1.18 bits per heavy atom. The van der Waals surface area contributed by atoms with Crippen LogP contribution in [0.5, 0.6) is 0 Å². The molecule has 0 nitrogen and oxygen atoms in total. The van der Waals surface area contributed by atoms with Gasteiger partial charge < -0.3 is 13.3 Å². The van der Waals surface area contributed by atoms with E-state index in [1.54, 1.807) is 0 Å². The Labute approximate surface area is 63.4 Å². The summed E-state index contributed by atoms with van der Waals surface area (Å²) in [6.45, 7) is 0. The lowest BCUT2D eigenvalue weighted by Gasteiger charge is -2.11. The Bertz CT molecular complexity index is 254. The molecule has 0 aliphatic heterocycles. The third-order valence-corrected chi connectivity index (χ3v) is 1.21. The quantitative estimate of drug-likeness (QED) is 0.499.